The van der Waals surface area contributed by atoms with Crippen LogP contribution in [0.15, 0.2) is 18.2 Å². The highest BCUT2D eigenvalue weighted by Crippen LogP contribution is 2.49. The largest absolute Gasteiger partial charge is 0.481 e. The zero-order valence-electron chi connectivity index (χ0n) is 12.5. The summed E-state index contributed by atoms with van der Waals surface area (Å²) in [5, 5.41) is 12.3. The van der Waals surface area contributed by atoms with Crippen LogP contribution in [0, 0.1) is 36.4 Å². The second kappa shape index (κ2) is 5.71. The van der Waals surface area contributed by atoms with Crippen molar-refractivity contribution in [3.63, 3.8) is 0 Å². The number of carbonyl (C=O) groups excluding carboxylic acids is 1. The van der Waals surface area contributed by atoms with Crippen molar-refractivity contribution < 1.29 is 19.1 Å². The van der Waals surface area contributed by atoms with Crippen LogP contribution in [0.3, 0.4) is 0 Å². The van der Waals surface area contributed by atoms with E-state index in [2.05, 4.69) is 5.32 Å². The Labute approximate surface area is 128 Å². The van der Waals surface area contributed by atoms with Crippen LogP contribution in [-0.4, -0.2) is 17.0 Å². The number of hydrogen-bond donors (Lipinski definition) is 2. The van der Waals surface area contributed by atoms with Gasteiger partial charge in [-0.25, -0.2) is 4.39 Å². The predicted octanol–water partition coefficient (Wildman–Crippen LogP) is 3.21. The summed E-state index contributed by atoms with van der Waals surface area (Å²) >= 11 is 0. The van der Waals surface area contributed by atoms with Gasteiger partial charge in [0.25, 0.3) is 0 Å². The number of carbonyl (C=O) groups is 2. The summed E-state index contributed by atoms with van der Waals surface area (Å²) in [6.45, 7) is 1.79. The summed E-state index contributed by atoms with van der Waals surface area (Å²) in [6, 6.07) is 4.23. The molecule has 1 aromatic carbocycles. The smallest absolute Gasteiger partial charge is 0.307 e. The van der Waals surface area contributed by atoms with Gasteiger partial charge in [0.2, 0.25) is 5.91 Å². The fourth-order valence-electron chi connectivity index (χ4n) is 4.13. The van der Waals surface area contributed by atoms with Gasteiger partial charge in [-0.1, -0.05) is 6.07 Å². The van der Waals surface area contributed by atoms with E-state index in [-0.39, 0.29) is 17.7 Å². The molecule has 0 heterocycles. The Kier molecular flexibility index (Phi) is 3.89. The average Bonchev–Trinajstić information content (AvgIpc) is 2.51. The topological polar surface area (TPSA) is 66.4 Å². The van der Waals surface area contributed by atoms with Crippen LogP contribution in [0.25, 0.3) is 0 Å². The van der Waals surface area contributed by atoms with E-state index >= 15 is 0 Å². The molecular formula is C17H20FNO3. The average molecular weight is 305 g/mol. The fourth-order valence-corrected chi connectivity index (χ4v) is 4.13. The van der Waals surface area contributed by atoms with E-state index in [1.165, 1.54) is 12.1 Å². The number of carboxylic acid groups (broad SMARTS) is 1. The van der Waals surface area contributed by atoms with Crippen molar-refractivity contribution in [2.45, 2.75) is 32.6 Å². The highest BCUT2D eigenvalue weighted by molar-refractivity contribution is 5.96. The summed E-state index contributed by atoms with van der Waals surface area (Å²) in [5.41, 5.74) is 1.19. The minimum atomic E-state index is -0.884. The van der Waals surface area contributed by atoms with E-state index in [1.807, 2.05) is 0 Å². The zero-order chi connectivity index (χ0) is 15.9. The first-order valence-electron chi connectivity index (χ1n) is 7.77. The summed E-state index contributed by atoms with van der Waals surface area (Å²) in [7, 11) is 0. The molecule has 2 bridgehead atoms. The molecule has 1 aromatic rings. The van der Waals surface area contributed by atoms with Gasteiger partial charge in [-0.15, -0.1) is 0 Å². The molecule has 0 radical (unpaired) electrons. The van der Waals surface area contributed by atoms with Crippen LogP contribution in [0.2, 0.25) is 0 Å². The van der Waals surface area contributed by atoms with Crippen LogP contribution in [-0.2, 0) is 9.59 Å². The Morgan fingerprint density at radius 1 is 1.14 bits per heavy atom. The molecule has 0 unspecified atom stereocenters. The van der Waals surface area contributed by atoms with Crippen molar-refractivity contribution in [1.29, 1.82) is 0 Å². The SMILES string of the molecule is Cc1ccc(F)cc1NC(=O)[C@H]1C2CCC(CC2)[C@@H]1C(=O)O. The Bertz CT molecular complexity index is 608. The van der Waals surface area contributed by atoms with E-state index in [9.17, 15) is 19.1 Å². The number of anilines is 1. The molecule has 4 nitrogen and oxygen atoms in total. The Morgan fingerprint density at radius 2 is 1.73 bits per heavy atom. The minimum Gasteiger partial charge on any atom is -0.481 e. The van der Waals surface area contributed by atoms with E-state index in [0.29, 0.717) is 5.69 Å². The van der Waals surface area contributed by atoms with Gasteiger partial charge in [0.15, 0.2) is 0 Å². The third-order valence-electron chi connectivity index (χ3n) is 5.26. The van der Waals surface area contributed by atoms with Crippen molar-refractivity contribution in [2.24, 2.45) is 23.7 Å². The second-order valence-electron chi connectivity index (χ2n) is 6.51. The molecule has 0 aliphatic heterocycles. The first-order valence-corrected chi connectivity index (χ1v) is 7.77. The van der Waals surface area contributed by atoms with Gasteiger partial charge in [-0.2, -0.15) is 0 Å². The summed E-state index contributed by atoms with van der Waals surface area (Å²) < 4.78 is 13.3. The van der Waals surface area contributed by atoms with Crippen LogP contribution < -0.4 is 5.32 Å². The lowest BCUT2D eigenvalue weighted by molar-refractivity contribution is -0.156. The molecular weight excluding hydrogens is 285 g/mol. The Balaban J connectivity index is 1.84. The maximum absolute atomic E-state index is 13.3. The molecule has 2 atom stereocenters. The van der Waals surface area contributed by atoms with Crippen molar-refractivity contribution in [2.75, 3.05) is 5.32 Å². The number of aliphatic carboxylic acids is 1. The molecule has 4 rings (SSSR count). The van der Waals surface area contributed by atoms with Gasteiger partial charge in [-0.3, -0.25) is 9.59 Å². The van der Waals surface area contributed by atoms with Gasteiger partial charge in [0.05, 0.1) is 11.8 Å². The molecule has 0 aromatic heterocycles. The van der Waals surface area contributed by atoms with Crippen molar-refractivity contribution >= 4 is 17.6 Å². The van der Waals surface area contributed by atoms with E-state index < -0.39 is 23.6 Å². The number of nitrogens with one attached hydrogen (secondary N) is 1. The number of aryl methyl sites for hydroxylation is 1. The number of fused-ring (bicyclic) bond motifs is 3. The number of hydrogen-bond acceptors (Lipinski definition) is 2. The van der Waals surface area contributed by atoms with E-state index in [0.717, 1.165) is 31.2 Å². The second-order valence-corrected chi connectivity index (χ2v) is 6.51. The van der Waals surface area contributed by atoms with Crippen LogP contribution in [0.4, 0.5) is 10.1 Å². The van der Waals surface area contributed by atoms with E-state index in [1.54, 1.807) is 13.0 Å². The molecule has 3 saturated carbocycles. The predicted molar refractivity (Wildman–Crippen MR) is 79.8 cm³/mol. The van der Waals surface area contributed by atoms with Gasteiger partial charge in [-0.05, 0) is 62.1 Å². The third-order valence-corrected chi connectivity index (χ3v) is 5.26. The number of rotatable bonds is 3. The monoisotopic (exact) mass is 305 g/mol. The standard InChI is InChI=1S/C17H20FNO3/c1-9-2-7-12(18)8-13(9)19-16(20)14-10-3-5-11(6-4-10)15(14)17(21)22/h2,7-8,10-11,14-15H,3-6H2,1H3,(H,19,20)(H,21,22)/t10?,11?,14-,15-/m0/s1. The van der Waals surface area contributed by atoms with Gasteiger partial charge in [0.1, 0.15) is 5.82 Å². The van der Waals surface area contributed by atoms with Crippen molar-refractivity contribution in [3.8, 4) is 0 Å². The highest BCUT2D eigenvalue weighted by atomic mass is 19.1. The summed E-state index contributed by atoms with van der Waals surface area (Å²) in [6.07, 6.45) is 3.61. The number of amides is 1. The first-order chi connectivity index (χ1) is 10.5. The maximum atomic E-state index is 13.3. The quantitative estimate of drug-likeness (QED) is 0.901. The molecule has 1 amide bonds. The van der Waals surface area contributed by atoms with Gasteiger partial charge in [0, 0.05) is 5.69 Å². The van der Waals surface area contributed by atoms with Crippen molar-refractivity contribution in [1.82, 2.24) is 0 Å². The molecule has 0 saturated heterocycles. The summed E-state index contributed by atoms with van der Waals surface area (Å²) in [5.74, 6) is -2.48. The van der Waals surface area contributed by atoms with Crippen LogP contribution in [0.5, 0.6) is 0 Å². The first kappa shape index (κ1) is 15.0. The number of halogens is 1. The molecule has 3 aliphatic carbocycles. The van der Waals surface area contributed by atoms with Crippen LogP contribution in [0.1, 0.15) is 31.2 Å². The highest BCUT2D eigenvalue weighted by Gasteiger charge is 2.50. The number of benzene rings is 1. The van der Waals surface area contributed by atoms with Crippen molar-refractivity contribution in [3.05, 3.63) is 29.6 Å². The summed E-state index contributed by atoms with van der Waals surface area (Å²) in [4.78, 5) is 24.2. The Hall–Kier alpha value is -1.91. The molecule has 5 heteroatoms. The molecule has 2 N–H and O–H groups in total. The Morgan fingerprint density at radius 3 is 2.32 bits per heavy atom. The van der Waals surface area contributed by atoms with Gasteiger partial charge < -0.3 is 10.4 Å². The normalized spacial score (nSPS) is 30.1. The van der Waals surface area contributed by atoms with E-state index in [4.69, 9.17) is 0 Å². The molecule has 0 spiro atoms. The molecule has 3 aliphatic rings. The molecule has 22 heavy (non-hydrogen) atoms. The lowest BCUT2D eigenvalue weighted by Gasteiger charge is -2.45. The minimum absolute atomic E-state index is 0.0897. The fraction of sp³-hybridized carbons (Fsp3) is 0.529. The van der Waals surface area contributed by atoms with Gasteiger partial charge >= 0.3 is 5.97 Å². The zero-order valence-corrected chi connectivity index (χ0v) is 12.5. The lowest BCUT2D eigenvalue weighted by atomic mass is 9.58. The van der Waals surface area contributed by atoms with Crippen LogP contribution >= 0.6 is 0 Å². The third kappa shape index (κ3) is 2.60. The lowest BCUT2D eigenvalue weighted by Crippen LogP contribution is -2.49. The maximum Gasteiger partial charge on any atom is 0.307 e. The molecule has 3 fully saturated rings. The molecule has 118 valence electrons. The number of carboxylic acids is 1.